The van der Waals surface area contributed by atoms with Gasteiger partial charge in [-0.3, -0.25) is 4.79 Å². The predicted molar refractivity (Wildman–Crippen MR) is 87.1 cm³/mol. The Morgan fingerprint density at radius 2 is 2.04 bits per heavy atom. The summed E-state index contributed by atoms with van der Waals surface area (Å²) in [6, 6.07) is 1.92. The van der Waals surface area contributed by atoms with Crippen molar-refractivity contribution in [2.45, 2.75) is 70.7 Å². The molecule has 4 aliphatic rings. The molecule has 2 saturated carbocycles. The first-order valence-corrected chi connectivity index (χ1v) is 9.33. The van der Waals surface area contributed by atoms with Crippen molar-refractivity contribution in [3.63, 3.8) is 0 Å². The van der Waals surface area contributed by atoms with Gasteiger partial charge in [-0.15, -0.1) is 0 Å². The van der Waals surface area contributed by atoms with Crippen LogP contribution in [0.25, 0.3) is 0 Å². The standard InChI is InChI=1S/C20H26O4/c1-12-6-8-18(2)15(4-5-16-19(18,3)24-16)20(12)10-14(23-17(20)21)13-7-9-22-11-13/h7,9,11-12,14-16H,4-6,8,10H2,1-3H3/t12-,14+,15+,16+,18+,19+,20-/m1/s1. The van der Waals surface area contributed by atoms with Crippen molar-refractivity contribution in [2.75, 3.05) is 0 Å². The molecule has 2 aliphatic carbocycles. The molecule has 0 N–H and O–H groups in total. The highest BCUT2D eigenvalue weighted by molar-refractivity contribution is 5.80. The lowest BCUT2D eigenvalue weighted by molar-refractivity contribution is -0.167. The van der Waals surface area contributed by atoms with Gasteiger partial charge in [-0.25, -0.2) is 0 Å². The fourth-order valence-electron chi connectivity index (χ4n) is 6.45. The average molecular weight is 330 g/mol. The van der Waals surface area contributed by atoms with Crippen molar-refractivity contribution in [3.05, 3.63) is 24.2 Å². The van der Waals surface area contributed by atoms with E-state index in [9.17, 15) is 4.79 Å². The molecule has 0 aromatic carbocycles. The third-order valence-electron chi connectivity index (χ3n) is 8.23. The van der Waals surface area contributed by atoms with E-state index >= 15 is 0 Å². The van der Waals surface area contributed by atoms with E-state index in [4.69, 9.17) is 13.9 Å². The third kappa shape index (κ3) is 1.56. The molecule has 1 spiro atoms. The summed E-state index contributed by atoms with van der Waals surface area (Å²) in [5.41, 5.74) is 0.654. The van der Waals surface area contributed by atoms with E-state index in [0.29, 0.717) is 17.9 Å². The largest absolute Gasteiger partial charge is 0.472 e. The summed E-state index contributed by atoms with van der Waals surface area (Å²) in [5, 5.41) is 0. The summed E-state index contributed by atoms with van der Waals surface area (Å²) in [7, 11) is 0. The number of fused-ring (bicyclic) bond motifs is 4. The lowest BCUT2D eigenvalue weighted by Crippen LogP contribution is -2.58. The molecule has 0 radical (unpaired) electrons. The van der Waals surface area contributed by atoms with Crippen molar-refractivity contribution in [2.24, 2.45) is 22.7 Å². The topological polar surface area (TPSA) is 52.0 Å². The second kappa shape index (κ2) is 4.46. The van der Waals surface area contributed by atoms with Crippen LogP contribution < -0.4 is 0 Å². The number of rotatable bonds is 1. The van der Waals surface area contributed by atoms with Gasteiger partial charge in [0.25, 0.3) is 0 Å². The van der Waals surface area contributed by atoms with E-state index in [2.05, 4.69) is 20.8 Å². The molecule has 0 bridgehead atoms. The molecule has 2 saturated heterocycles. The molecule has 3 heterocycles. The summed E-state index contributed by atoms with van der Waals surface area (Å²) in [5.74, 6) is 0.723. The zero-order chi connectivity index (χ0) is 16.7. The maximum Gasteiger partial charge on any atom is 0.313 e. The third-order valence-corrected chi connectivity index (χ3v) is 8.23. The SMILES string of the molecule is C[C@@H]1CC[C@@]2(C)[C@H](CC[C@@H]3O[C@@]32C)[C@@]12C[C@@H](c1ccoc1)OC2=O. The Morgan fingerprint density at radius 1 is 1.21 bits per heavy atom. The lowest BCUT2D eigenvalue weighted by atomic mass is 9.44. The van der Waals surface area contributed by atoms with Gasteiger partial charge in [-0.2, -0.15) is 0 Å². The molecule has 5 rings (SSSR count). The van der Waals surface area contributed by atoms with Gasteiger partial charge in [0, 0.05) is 17.4 Å². The van der Waals surface area contributed by atoms with E-state index in [-0.39, 0.29) is 28.5 Å². The molecule has 1 aromatic heterocycles. The van der Waals surface area contributed by atoms with Crippen LogP contribution in [0.15, 0.2) is 23.0 Å². The molecule has 24 heavy (non-hydrogen) atoms. The Bertz CT molecular complexity index is 682. The van der Waals surface area contributed by atoms with Crippen LogP contribution in [0.3, 0.4) is 0 Å². The van der Waals surface area contributed by atoms with Crippen LogP contribution >= 0.6 is 0 Å². The Morgan fingerprint density at radius 3 is 2.79 bits per heavy atom. The fourth-order valence-corrected chi connectivity index (χ4v) is 6.45. The number of ether oxygens (including phenoxy) is 2. The zero-order valence-corrected chi connectivity index (χ0v) is 14.7. The van der Waals surface area contributed by atoms with Crippen LogP contribution in [0, 0.1) is 22.7 Å². The van der Waals surface area contributed by atoms with Gasteiger partial charge in [-0.1, -0.05) is 13.8 Å². The minimum absolute atomic E-state index is 0.0137. The first-order valence-electron chi connectivity index (χ1n) is 9.33. The molecule has 0 unspecified atom stereocenters. The van der Waals surface area contributed by atoms with E-state index in [1.165, 1.54) is 0 Å². The molecular weight excluding hydrogens is 304 g/mol. The van der Waals surface area contributed by atoms with Crippen molar-refractivity contribution in [3.8, 4) is 0 Å². The van der Waals surface area contributed by atoms with Gasteiger partial charge in [0.1, 0.15) is 6.10 Å². The first kappa shape index (κ1) is 15.0. The van der Waals surface area contributed by atoms with Crippen molar-refractivity contribution in [1.29, 1.82) is 0 Å². The fraction of sp³-hybridized carbons (Fsp3) is 0.750. The van der Waals surface area contributed by atoms with Crippen LogP contribution in [0.5, 0.6) is 0 Å². The van der Waals surface area contributed by atoms with Crippen LogP contribution in [0.2, 0.25) is 0 Å². The molecule has 4 heteroatoms. The van der Waals surface area contributed by atoms with Crippen molar-refractivity contribution >= 4 is 5.97 Å². The summed E-state index contributed by atoms with van der Waals surface area (Å²) < 4.78 is 17.3. The maximum absolute atomic E-state index is 13.2. The predicted octanol–water partition coefficient (Wildman–Crippen LogP) is 4.26. The first-order chi connectivity index (χ1) is 11.4. The van der Waals surface area contributed by atoms with Crippen LogP contribution in [-0.2, 0) is 14.3 Å². The van der Waals surface area contributed by atoms with Gasteiger partial charge in [0.15, 0.2) is 0 Å². The number of hydrogen-bond acceptors (Lipinski definition) is 4. The quantitative estimate of drug-likeness (QED) is 0.570. The van der Waals surface area contributed by atoms with Gasteiger partial charge in [0.05, 0.1) is 29.6 Å². The summed E-state index contributed by atoms with van der Waals surface area (Å²) in [6.07, 6.45) is 8.77. The smallest absolute Gasteiger partial charge is 0.313 e. The average Bonchev–Trinajstić information content (AvgIpc) is 2.91. The van der Waals surface area contributed by atoms with Crippen LogP contribution in [-0.4, -0.2) is 17.7 Å². The molecular formula is C20H26O4. The number of cyclic esters (lactones) is 1. The van der Waals surface area contributed by atoms with Crippen molar-refractivity contribution in [1.82, 2.24) is 0 Å². The molecule has 2 aliphatic heterocycles. The van der Waals surface area contributed by atoms with Crippen LogP contribution in [0.1, 0.15) is 64.5 Å². The molecule has 130 valence electrons. The molecule has 4 fully saturated rings. The lowest BCUT2D eigenvalue weighted by Gasteiger charge is -2.56. The monoisotopic (exact) mass is 330 g/mol. The number of furan rings is 1. The maximum atomic E-state index is 13.2. The Balaban J connectivity index is 1.57. The van der Waals surface area contributed by atoms with E-state index in [1.807, 2.05) is 6.07 Å². The van der Waals surface area contributed by atoms with Gasteiger partial charge < -0.3 is 13.9 Å². The normalized spacial score (nSPS) is 52.7. The summed E-state index contributed by atoms with van der Waals surface area (Å²) in [6.45, 7) is 6.88. The number of carbonyl (C=O) groups excluding carboxylic acids is 1. The summed E-state index contributed by atoms with van der Waals surface area (Å²) >= 11 is 0. The molecule has 0 amide bonds. The molecule has 1 aromatic rings. The van der Waals surface area contributed by atoms with E-state index < -0.39 is 0 Å². The number of carbonyl (C=O) groups is 1. The highest BCUT2D eigenvalue weighted by Crippen LogP contribution is 2.72. The number of hydrogen-bond donors (Lipinski definition) is 0. The van der Waals surface area contributed by atoms with Crippen LogP contribution in [0.4, 0.5) is 0 Å². The number of epoxide rings is 1. The minimum atomic E-state index is -0.366. The Hall–Kier alpha value is -1.29. The van der Waals surface area contributed by atoms with Crippen molar-refractivity contribution < 1.29 is 18.7 Å². The second-order valence-corrected chi connectivity index (χ2v) is 8.90. The highest BCUT2D eigenvalue weighted by Gasteiger charge is 2.75. The molecule has 4 nitrogen and oxygen atoms in total. The molecule has 7 atom stereocenters. The summed E-state index contributed by atoms with van der Waals surface area (Å²) in [4.78, 5) is 13.2. The van der Waals surface area contributed by atoms with E-state index in [1.54, 1.807) is 12.5 Å². The van der Waals surface area contributed by atoms with E-state index in [0.717, 1.165) is 37.7 Å². The number of esters is 1. The van der Waals surface area contributed by atoms with Gasteiger partial charge in [-0.05, 0) is 50.5 Å². The Labute approximate surface area is 142 Å². The van der Waals surface area contributed by atoms with Gasteiger partial charge in [0.2, 0.25) is 0 Å². The zero-order valence-electron chi connectivity index (χ0n) is 14.7. The highest BCUT2D eigenvalue weighted by atomic mass is 16.6. The second-order valence-electron chi connectivity index (χ2n) is 8.90. The van der Waals surface area contributed by atoms with Gasteiger partial charge >= 0.3 is 5.97 Å². The minimum Gasteiger partial charge on any atom is -0.472 e. The Kier molecular flexibility index (Phi) is 2.79.